The molecule has 0 aromatic heterocycles. The van der Waals surface area contributed by atoms with Crippen LogP contribution in [0.15, 0.2) is 97.0 Å². The van der Waals surface area contributed by atoms with Crippen molar-refractivity contribution in [2.24, 2.45) is 0 Å². The molecule has 6 N–H and O–H groups in total. The van der Waals surface area contributed by atoms with Crippen molar-refractivity contribution < 1.29 is 74.1 Å². The number of allylic oxidation sites excluding steroid dienone is 16. The van der Waals surface area contributed by atoms with E-state index in [4.69, 9.17) is 29.5 Å². The largest absolute Gasteiger partial charge is 0.472 e. The van der Waals surface area contributed by atoms with Crippen LogP contribution in [0.25, 0.3) is 0 Å². The Hall–Kier alpha value is -3.23. The molecule has 1 fully saturated rings. The molecule has 0 radical (unpaired) electrons. The summed E-state index contributed by atoms with van der Waals surface area (Å²) in [5.41, 5.74) is 0. The number of rotatable bonds is 36. The Morgan fingerprint density at radius 2 is 0.952 bits per heavy atom. The smallest absolute Gasteiger partial charge is 0.462 e. The maximum absolute atomic E-state index is 12.9. The predicted molar refractivity (Wildman–Crippen MR) is 248 cm³/mol. The van der Waals surface area contributed by atoms with Crippen molar-refractivity contribution in [3.63, 3.8) is 0 Å². The molecule has 13 nitrogen and oxygen atoms in total. The van der Waals surface area contributed by atoms with Crippen LogP contribution in [0.5, 0.6) is 0 Å². The van der Waals surface area contributed by atoms with Gasteiger partial charge in [-0.05, 0) is 89.9 Å². The Bertz CT molecular complexity index is 1890. The Morgan fingerprint density at radius 3 is 1.48 bits per heavy atom. The first-order valence-corrected chi connectivity index (χ1v) is 23.8. The second-order valence-corrected chi connectivity index (χ2v) is 16.2. The maximum Gasteiger partial charge on any atom is 0.472 e. The molecule has 1 aliphatic rings. The molecule has 1 rings (SSSR count). The average Bonchev–Trinajstić information content (AvgIpc) is 3.33. The number of unbranched alkanes of at least 4 members (excludes halogenated alkanes) is 6. The van der Waals surface area contributed by atoms with E-state index in [2.05, 4.69) is 37.3 Å². The Balaban J connectivity index is 2.84. The third-order valence-corrected chi connectivity index (χ3v) is 10.3. The van der Waals surface area contributed by atoms with E-state index in [-0.39, 0.29) is 80.5 Å². The zero-order chi connectivity index (χ0) is 53.4. The molecule has 8 atom stereocenters. The number of aliphatic hydroxyl groups is 5. The fourth-order valence-corrected chi connectivity index (χ4v) is 6.67. The molecule has 14 heteroatoms. The molecular weight excluding hydrogens is 828 g/mol. The molecule has 0 heterocycles. The highest BCUT2D eigenvalue weighted by molar-refractivity contribution is 7.47. The molecule has 0 saturated heterocycles. The molecule has 0 bridgehead atoms. The molecule has 0 aliphatic heterocycles. The predicted octanol–water partition coefficient (Wildman–Crippen LogP) is 9.05. The standard InChI is InChI=1S/C49H79O13P/c1-3-5-7-9-11-13-15-17-19-21-23-25-27-29-31-33-35-37-42(50)59-39-41(40-60-63(57,58)62-49-47(55)45(53)44(52)46(54)48(49)56)61-43(51)38-36-34-32-30-28-26-24-22-20-18-16-14-12-10-8-6-4-2/h11-14,17-20,23-26,29-32,41,44-49,52-56H,3-10,15-16,21-22,27-28,33-40H2,1-2H3,(H,57,58)/b13-11-,14-12-,19-17-,20-18-,25-23-,26-24-,31-29-,32-30-/t41-,44?,45-,46+,47-,48-,49?/m1/s1/i12D,14D,18D,20D,24D,26D,30D,32D. The van der Waals surface area contributed by atoms with Gasteiger partial charge in [0, 0.05) is 12.8 Å². The summed E-state index contributed by atoms with van der Waals surface area (Å²) in [5.74, 6) is -1.61. The molecule has 0 spiro atoms. The summed E-state index contributed by atoms with van der Waals surface area (Å²) in [6, 6.07) is -1.89. The van der Waals surface area contributed by atoms with Gasteiger partial charge in [-0.1, -0.05) is 137 Å². The Morgan fingerprint density at radius 1 is 0.540 bits per heavy atom. The highest BCUT2D eigenvalue weighted by Crippen LogP contribution is 2.47. The maximum atomic E-state index is 12.9. The number of ether oxygens (including phenoxy) is 2. The molecule has 358 valence electrons. The Kier molecular flexibility index (Phi) is 27.2. The van der Waals surface area contributed by atoms with Crippen molar-refractivity contribution >= 4 is 19.8 Å². The van der Waals surface area contributed by atoms with E-state index in [1.165, 1.54) is 19.3 Å². The van der Waals surface area contributed by atoms with E-state index in [0.717, 1.165) is 38.5 Å². The van der Waals surface area contributed by atoms with Crippen LogP contribution in [-0.2, 0) is 32.7 Å². The van der Waals surface area contributed by atoms with E-state index in [1.807, 2.05) is 25.2 Å². The van der Waals surface area contributed by atoms with Crippen LogP contribution in [0.3, 0.4) is 0 Å². The molecule has 63 heavy (non-hydrogen) atoms. The first-order chi connectivity index (χ1) is 33.6. The number of phosphoric ester groups is 1. The van der Waals surface area contributed by atoms with Gasteiger partial charge in [-0.15, -0.1) is 0 Å². The van der Waals surface area contributed by atoms with Gasteiger partial charge in [-0.3, -0.25) is 18.6 Å². The van der Waals surface area contributed by atoms with Crippen LogP contribution in [0.4, 0.5) is 0 Å². The summed E-state index contributed by atoms with van der Waals surface area (Å²) < 4.78 is 98.7. The van der Waals surface area contributed by atoms with Crippen LogP contribution in [0.1, 0.15) is 153 Å². The minimum Gasteiger partial charge on any atom is -0.462 e. The number of phosphoric acid groups is 1. The van der Waals surface area contributed by atoms with Crippen LogP contribution in [0.2, 0.25) is 0 Å². The molecule has 0 aromatic rings. The number of carbonyl (C=O) groups is 2. The third-order valence-electron chi connectivity index (χ3n) is 9.31. The molecular formula is C49H79O13P. The van der Waals surface area contributed by atoms with Crippen molar-refractivity contribution in [1.29, 1.82) is 0 Å². The van der Waals surface area contributed by atoms with Gasteiger partial charge >= 0.3 is 19.8 Å². The molecule has 1 saturated carbocycles. The highest BCUT2D eigenvalue weighted by atomic mass is 31.2. The van der Waals surface area contributed by atoms with Crippen molar-refractivity contribution in [2.75, 3.05) is 13.2 Å². The average molecular weight is 915 g/mol. The number of aliphatic hydroxyl groups excluding tert-OH is 5. The topological polar surface area (TPSA) is 210 Å². The highest BCUT2D eigenvalue weighted by Gasteiger charge is 2.51. The van der Waals surface area contributed by atoms with Gasteiger partial charge in [0.2, 0.25) is 0 Å². The summed E-state index contributed by atoms with van der Waals surface area (Å²) in [6.45, 7) is 2.62. The summed E-state index contributed by atoms with van der Waals surface area (Å²) in [6.07, 6.45) is 12.1. The molecule has 3 unspecified atom stereocenters. The molecule has 1 aliphatic carbocycles. The minimum atomic E-state index is -5.29. The Labute approximate surface area is 388 Å². The van der Waals surface area contributed by atoms with Gasteiger partial charge in [-0.25, -0.2) is 4.57 Å². The summed E-state index contributed by atoms with van der Waals surface area (Å²) >= 11 is 0. The second kappa shape index (κ2) is 38.1. The zero-order valence-corrected chi connectivity index (χ0v) is 38.1. The number of carbonyl (C=O) groups excluding carboxylic acids is 2. The number of hydrogen-bond donors (Lipinski definition) is 6. The van der Waals surface area contributed by atoms with Crippen molar-refractivity contribution in [3.05, 3.63) is 97.0 Å². The van der Waals surface area contributed by atoms with Crippen LogP contribution >= 0.6 is 7.82 Å². The monoisotopic (exact) mass is 915 g/mol. The van der Waals surface area contributed by atoms with Crippen molar-refractivity contribution in [2.45, 2.75) is 185 Å². The fraction of sp³-hybridized carbons (Fsp3) is 0.633. The first kappa shape index (κ1) is 44.9. The van der Waals surface area contributed by atoms with Crippen molar-refractivity contribution in [1.82, 2.24) is 0 Å². The lowest BCUT2D eigenvalue weighted by atomic mass is 9.85. The van der Waals surface area contributed by atoms with Gasteiger partial charge in [0.25, 0.3) is 0 Å². The van der Waals surface area contributed by atoms with E-state index in [1.54, 1.807) is 0 Å². The quantitative estimate of drug-likeness (QED) is 0.0150. The van der Waals surface area contributed by atoms with Gasteiger partial charge in [0.1, 0.15) is 43.2 Å². The first-order valence-electron chi connectivity index (χ1n) is 26.3. The van der Waals surface area contributed by atoms with E-state index in [9.17, 15) is 44.6 Å². The second-order valence-electron chi connectivity index (χ2n) is 14.8. The van der Waals surface area contributed by atoms with Crippen LogP contribution < -0.4 is 0 Å². The van der Waals surface area contributed by atoms with Gasteiger partial charge in [-0.2, -0.15) is 0 Å². The summed E-state index contributed by atoms with van der Waals surface area (Å²) in [4.78, 5) is 35.9. The van der Waals surface area contributed by atoms with Gasteiger partial charge in [0.05, 0.1) is 17.6 Å². The van der Waals surface area contributed by atoms with Crippen LogP contribution in [-0.4, -0.2) is 98.3 Å². The lowest BCUT2D eigenvalue weighted by Crippen LogP contribution is -2.64. The SMILES string of the molecule is [2H]/C(CCCCC)=C(\[2H])C/C([2H])=C(/[2H])C/C([2H])=C(/[2H])C/C([2H])=C(/[2H])CCCC(=O)O[C@H](COC(=O)CCC/C=C\C/C=C\C/C=C\C/C=C\CCCCC)COP(=O)(O)OC1[C@H](O)[C@H](O)C(O)[C@H](O)[C@H]1O. The number of esters is 2. The van der Waals surface area contributed by atoms with Crippen LogP contribution in [0, 0.1) is 0 Å². The van der Waals surface area contributed by atoms with E-state index >= 15 is 0 Å². The minimum absolute atomic E-state index is 0.0243. The van der Waals surface area contributed by atoms with E-state index < -0.39 is 88.5 Å². The normalized spacial score (nSPS) is 25.7. The van der Waals surface area contributed by atoms with Crippen molar-refractivity contribution in [3.8, 4) is 0 Å². The van der Waals surface area contributed by atoms with E-state index in [0.29, 0.717) is 25.7 Å². The molecule has 0 amide bonds. The zero-order valence-electron chi connectivity index (χ0n) is 45.2. The van der Waals surface area contributed by atoms with Gasteiger partial charge in [0.15, 0.2) is 6.10 Å². The summed E-state index contributed by atoms with van der Waals surface area (Å²) in [5, 5.41) is 50.3. The third kappa shape index (κ3) is 30.5. The fourth-order valence-electron chi connectivity index (χ4n) is 5.70. The lowest BCUT2D eigenvalue weighted by Gasteiger charge is -2.41. The lowest BCUT2D eigenvalue weighted by molar-refractivity contribution is -0.220. The van der Waals surface area contributed by atoms with Gasteiger partial charge < -0.3 is 39.9 Å². The molecule has 0 aromatic carbocycles. The number of hydrogen-bond acceptors (Lipinski definition) is 12. The summed E-state index contributed by atoms with van der Waals surface area (Å²) in [7, 11) is -5.29.